The van der Waals surface area contributed by atoms with Gasteiger partial charge in [-0.05, 0) is 19.3 Å². The van der Waals surface area contributed by atoms with E-state index in [-0.39, 0.29) is 12.5 Å². The van der Waals surface area contributed by atoms with E-state index in [1.54, 1.807) is 6.08 Å². The van der Waals surface area contributed by atoms with E-state index >= 15 is 0 Å². The second kappa shape index (κ2) is 37.2. The zero-order valence-electron chi connectivity index (χ0n) is 35.7. The highest BCUT2D eigenvalue weighted by molar-refractivity contribution is 5.76. The lowest BCUT2D eigenvalue weighted by Crippen LogP contribution is -2.60. The summed E-state index contributed by atoms with van der Waals surface area (Å²) < 4.78 is 11.1. The van der Waals surface area contributed by atoms with E-state index in [1.165, 1.54) is 154 Å². The number of carbonyl (C=O) groups excluding carboxylic acids is 1. The van der Waals surface area contributed by atoms with Gasteiger partial charge in [-0.25, -0.2) is 0 Å². The number of nitrogens with one attached hydrogen (secondary N) is 1. The van der Waals surface area contributed by atoms with E-state index in [1.807, 2.05) is 6.08 Å². The fraction of sp³-hybridized carbons (Fsp3) is 0.935. The van der Waals surface area contributed by atoms with Crippen LogP contribution in [-0.4, -0.2) is 87.5 Å². The molecule has 1 rings (SSSR count). The number of carbonyl (C=O) groups is 1. The lowest BCUT2D eigenvalue weighted by atomic mass is 9.99. The quantitative estimate of drug-likeness (QED) is 0.0267. The minimum atomic E-state index is -1.56. The van der Waals surface area contributed by atoms with Crippen LogP contribution in [0.3, 0.4) is 0 Å². The minimum Gasteiger partial charge on any atom is -0.394 e. The third-order valence-corrected chi connectivity index (χ3v) is 11.4. The van der Waals surface area contributed by atoms with Crippen molar-refractivity contribution in [2.24, 2.45) is 0 Å². The molecule has 0 aliphatic carbocycles. The summed E-state index contributed by atoms with van der Waals surface area (Å²) in [6.45, 7) is 3.65. The molecular weight excluding hydrogens is 695 g/mol. The van der Waals surface area contributed by atoms with Crippen molar-refractivity contribution >= 4 is 5.91 Å². The molecule has 7 unspecified atom stereocenters. The summed E-state index contributed by atoms with van der Waals surface area (Å²) in [6, 6.07) is -0.795. The van der Waals surface area contributed by atoms with Crippen molar-refractivity contribution in [3.8, 4) is 0 Å². The van der Waals surface area contributed by atoms with Crippen molar-refractivity contribution < 1.29 is 39.8 Å². The predicted molar refractivity (Wildman–Crippen MR) is 226 cm³/mol. The Morgan fingerprint density at radius 3 is 1.42 bits per heavy atom. The molecule has 9 nitrogen and oxygen atoms in total. The van der Waals surface area contributed by atoms with Crippen LogP contribution in [0.4, 0.5) is 0 Å². The molecular formula is C46H89NO8. The Labute approximate surface area is 337 Å². The monoisotopic (exact) mass is 784 g/mol. The van der Waals surface area contributed by atoms with E-state index in [4.69, 9.17) is 9.47 Å². The van der Waals surface area contributed by atoms with Gasteiger partial charge in [0.2, 0.25) is 5.91 Å². The SMILES string of the molecule is CCCCCCCCCCCCCCCCCCCCCCCCCCCC/C=C/C(O)C(COC1OC(CO)C(O)C(O)C1O)NC(=O)CCCCCC. The zero-order valence-corrected chi connectivity index (χ0v) is 35.7. The topological polar surface area (TPSA) is 149 Å². The van der Waals surface area contributed by atoms with Gasteiger partial charge in [-0.3, -0.25) is 4.79 Å². The van der Waals surface area contributed by atoms with Crippen molar-refractivity contribution in [2.45, 2.75) is 262 Å². The molecule has 1 heterocycles. The predicted octanol–water partition coefficient (Wildman–Crippen LogP) is 9.73. The van der Waals surface area contributed by atoms with Gasteiger partial charge in [-0.15, -0.1) is 0 Å². The molecule has 1 saturated heterocycles. The lowest BCUT2D eigenvalue weighted by Gasteiger charge is -2.40. The van der Waals surface area contributed by atoms with Crippen LogP contribution in [0, 0.1) is 0 Å². The number of aliphatic hydroxyl groups is 5. The average molecular weight is 784 g/mol. The third kappa shape index (κ3) is 28.1. The largest absolute Gasteiger partial charge is 0.394 e. The van der Waals surface area contributed by atoms with Crippen molar-refractivity contribution in [2.75, 3.05) is 13.2 Å². The number of ether oxygens (including phenoxy) is 2. The van der Waals surface area contributed by atoms with Crippen LogP contribution in [0.25, 0.3) is 0 Å². The van der Waals surface area contributed by atoms with Gasteiger partial charge in [0.05, 0.1) is 25.4 Å². The Morgan fingerprint density at radius 2 is 1.00 bits per heavy atom. The molecule has 1 aliphatic rings. The van der Waals surface area contributed by atoms with Gasteiger partial charge in [-0.1, -0.05) is 206 Å². The molecule has 1 amide bonds. The average Bonchev–Trinajstić information content (AvgIpc) is 3.18. The fourth-order valence-electron chi connectivity index (χ4n) is 7.57. The Bertz CT molecular complexity index is 873. The highest BCUT2D eigenvalue weighted by Crippen LogP contribution is 2.23. The first kappa shape index (κ1) is 51.9. The lowest BCUT2D eigenvalue weighted by molar-refractivity contribution is -0.302. The summed E-state index contributed by atoms with van der Waals surface area (Å²) in [5, 5.41) is 53.7. The molecule has 1 fully saturated rings. The molecule has 0 bridgehead atoms. The van der Waals surface area contributed by atoms with Crippen molar-refractivity contribution in [3.63, 3.8) is 0 Å². The first-order valence-electron chi connectivity index (χ1n) is 23.4. The number of hydrogen-bond acceptors (Lipinski definition) is 8. The van der Waals surface area contributed by atoms with Crippen LogP contribution in [0.2, 0.25) is 0 Å². The number of allylic oxidation sites excluding steroid dienone is 1. The van der Waals surface area contributed by atoms with Gasteiger partial charge in [-0.2, -0.15) is 0 Å². The van der Waals surface area contributed by atoms with Gasteiger partial charge in [0, 0.05) is 6.42 Å². The molecule has 55 heavy (non-hydrogen) atoms. The third-order valence-electron chi connectivity index (χ3n) is 11.4. The number of hydrogen-bond donors (Lipinski definition) is 6. The summed E-state index contributed by atoms with van der Waals surface area (Å²) >= 11 is 0. The molecule has 0 aromatic carbocycles. The number of rotatable bonds is 39. The summed E-state index contributed by atoms with van der Waals surface area (Å²) in [7, 11) is 0. The van der Waals surface area contributed by atoms with Crippen molar-refractivity contribution in [1.82, 2.24) is 5.32 Å². The van der Waals surface area contributed by atoms with Crippen molar-refractivity contribution in [1.29, 1.82) is 0 Å². The van der Waals surface area contributed by atoms with E-state index in [2.05, 4.69) is 19.2 Å². The second-order valence-electron chi connectivity index (χ2n) is 16.6. The first-order valence-corrected chi connectivity index (χ1v) is 23.4. The second-order valence-corrected chi connectivity index (χ2v) is 16.6. The zero-order chi connectivity index (χ0) is 40.2. The maximum Gasteiger partial charge on any atom is 0.220 e. The van der Waals surface area contributed by atoms with Gasteiger partial charge in [0.25, 0.3) is 0 Å². The fourth-order valence-corrected chi connectivity index (χ4v) is 7.57. The normalized spacial score (nSPS) is 21.3. The van der Waals surface area contributed by atoms with Crippen LogP contribution in [0.5, 0.6) is 0 Å². The molecule has 0 spiro atoms. The summed E-state index contributed by atoms with van der Waals surface area (Å²) in [5.41, 5.74) is 0. The maximum absolute atomic E-state index is 12.6. The summed E-state index contributed by atoms with van der Waals surface area (Å²) in [4.78, 5) is 12.6. The molecule has 0 aromatic heterocycles. The van der Waals surface area contributed by atoms with E-state index in [0.717, 1.165) is 44.9 Å². The maximum atomic E-state index is 12.6. The number of amides is 1. The summed E-state index contributed by atoms with van der Waals surface area (Å²) in [5.74, 6) is -0.193. The van der Waals surface area contributed by atoms with Crippen LogP contribution >= 0.6 is 0 Å². The van der Waals surface area contributed by atoms with Crippen LogP contribution < -0.4 is 5.32 Å². The van der Waals surface area contributed by atoms with Crippen LogP contribution in [0.1, 0.15) is 219 Å². The van der Waals surface area contributed by atoms with E-state index in [0.29, 0.717) is 6.42 Å². The number of aliphatic hydroxyl groups excluding tert-OH is 5. The Kier molecular flexibility index (Phi) is 35.2. The van der Waals surface area contributed by atoms with Gasteiger partial charge in [0.1, 0.15) is 24.4 Å². The summed E-state index contributed by atoms with van der Waals surface area (Å²) in [6.07, 6.45) is 36.4. The van der Waals surface area contributed by atoms with Gasteiger partial charge >= 0.3 is 0 Å². The molecule has 0 aromatic rings. The van der Waals surface area contributed by atoms with Crippen LogP contribution in [-0.2, 0) is 14.3 Å². The highest BCUT2D eigenvalue weighted by atomic mass is 16.7. The van der Waals surface area contributed by atoms with E-state index < -0.39 is 49.5 Å². The minimum absolute atomic E-state index is 0.186. The van der Waals surface area contributed by atoms with Gasteiger partial charge in [0.15, 0.2) is 6.29 Å². The molecule has 1 aliphatic heterocycles. The molecule has 9 heteroatoms. The number of unbranched alkanes of at least 4 members (excludes halogenated alkanes) is 29. The van der Waals surface area contributed by atoms with Gasteiger partial charge < -0.3 is 40.3 Å². The smallest absolute Gasteiger partial charge is 0.220 e. The van der Waals surface area contributed by atoms with Crippen LogP contribution in [0.15, 0.2) is 12.2 Å². The Morgan fingerprint density at radius 1 is 0.600 bits per heavy atom. The highest BCUT2D eigenvalue weighted by Gasteiger charge is 2.44. The van der Waals surface area contributed by atoms with E-state index in [9.17, 15) is 30.3 Å². The van der Waals surface area contributed by atoms with Crippen molar-refractivity contribution in [3.05, 3.63) is 12.2 Å². The first-order chi connectivity index (χ1) is 26.8. The molecule has 7 atom stereocenters. The molecule has 326 valence electrons. The molecule has 0 radical (unpaired) electrons. The molecule has 0 saturated carbocycles. The Hall–Kier alpha value is -1.07. The molecule has 6 N–H and O–H groups in total. The standard InChI is InChI=1S/C46H89NO8/c1-3-5-7-9-10-11-12-13-14-15-16-17-18-19-20-21-22-23-24-25-26-27-28-29-30-31-32-33-35-40(49)39(47-42(50)36-34-8-6-4-2)38-54-46-45(53)44(52)43(51)41(37-48)55-46/h33,35,39-41,43-46,48-49,51-53H,3-32,34,36-38H2,1-2H3,(H,47,50)/b35-33+. The Balaban J connectivity index is 2.09.